The number of rotatable bonds is 9. The van der Waals surface area contributed by atoms with Crippen LogP contribution in [0.25, 0.3) is 0 Å². The molecule has 0 aliphatic carbocycles. The van der Waals surface area contributed by atoms with E-state index in [0.29, 0.717) is 49.7 Å². The molecule has 8 nitrogen and oxygen atoms in total. The largest absolute Gasteiger partial charge is 0.497 e. The molecular formula is C20H30N2O6S. The second-order valence-corrected chi connectivity index (χ2v) is 9.22. The summed E-state index contributed by atoms with van der Waals surface area (Å²) in [6.07, 6.45) is 2.35. The Kier molecular flexibility index (Phi) is 8.31. The molecular weight excluding hydrogens is 396 g/mol. The summed E-state index contributed by atoms with van der Waals surface area (Å²) in [5.41, 5.74) is 0.423. The monoisotopic (exact) mass is 426 g/mol. The second kappa shape index (κ2) is 10.5. The summed E-state index contributed by atoms with van der Waals surface area (Å²) in [6, 6.07) is 5.00. The number of amides is 2. The van der Waals surface area contributed by atoms with Gasteiger partial charge in [0.05, 0.1) is 25.5 Å². The van der Waals surface area contributed by atoms with Crippen molar-refractivity contribution in [2.24, 2.45) is 0 Å². The number of carbonyl (C=O) groups is 2. The number of benzene rings is 1. The molecule has 1 aliphatic rings. The molecule has 29 heavy (non-hydrogen) atoms. The average Bonchev–Trinajstić information content (AvgIpc) is 2.72. The van der Waals surface area contributed by atoms with Crippen molar-refractivity contribution in [2.75, 3.05) is 51.9 Å². The van der Waals surface area contributed by atoms with Gasteiger partial charge in [-0.2, -0.15) is 0 Å². The molecule has 0 bridgehead atoms. The lowest BCUT2D eigenvalue weighted by atomic mass is 10.1. The third-order valence-electron chi connectivity index (χ3n) is 4.96. The third-order valence-corrected chi connectivity index (χ3v) is 6.56. The van der Waals surface area contributed by atoms with E-state index in [1.54, 1.807) is 23.1 Å². The van der Waals surface area contributed by atoms with Crippen molar-refractivity contribution in [1.82, 2.24) is 9.80 Å². The first kappa shape index (κ1) is 23.0. The highest BCUT2D eigenvalue weighted by atomic mass is 32.2. The number of methoxy groups -OCH3 is 2. The lowest BCUT2D eigenvalue weighted by molar-refractivity contribution is -0.129. The zero-order valence-electron chi connectivity index (χ0n) is 17.3. The molecule has 1 fully saturated rings. The number of hydrogen-bond donors (Lipinski definition) is 0. The quantitative estimate of drug-likeness (QED) is 0.557. The maximum Gasteiger partial charge on any atom is 0.257 e. The molecule has 9 heteroatoms. The summed E-state index contributed by atoms with van der Waals surface area (Å²) in [5, 5.41) is 0. The van der Waals surface area contributed by atoms with Crippen LogP contribution in [0.2, 0.25) is 0 Å². The Morgan fingerprint density at radius 3 is 2.24 bits per heavy atom. The SMILES string of the molecule is CCCCCS(=O)(=O)CC(=O)N1CCN(C(=O)c2ccc(OC)cc2OC)CC1. The Morgan fingerprint density at radius 1 is 1.00 bits per heavy atom. The number of hydrogen-bond acceptors (Lipinski definition) is 6. The third kappa shape index (κ3) is 6.35. The standard InChI is InChI=1S/C20H30N2O6S/c1-4-5-6-13-29(25,26)15-19(23)21-9-11-22(12-10-21)20(24)17-8-7-16(27-2)14-18(17)28-3/h7-8,14H,4-6,9-13,15H2,1-3H3. The highest BCUT2D eigenvalue weighted by molar-refractivity contribution is 7.92. The van der Waals surface area contributed by atoms with Crippen LogP contribution in [0, 0.1) is 0 Å². The maximum absolute atomic E-state index is 12.8. The fourth-order valence-electron chi connectivity index (χ4n) is 3.23. The normalized spacial score (nSPS) is 14.6. The van der Waals surface area contributed by atoms with Gasteiger partial charge in [0, 0.05) is 32.2 Å². The van der Waals surface area contributed by atoms with Crippen molar-refractivity contribution in [3.63, 3.8) is 0 Å². The van der Waals surface area contributed by atoms with Crippen molar-refractivity contribution in [3.05, 3.63) is 23.8 Å². The van der Waals surface area contributed by atoms with Crippen molar-refractivity contribution in [1.29, 1.82) is 0 Å². The van der Waals surface area contributed by atoms with Crippen molar-refractivity contribution >= 4 is 21.7 Å². The molecule has 1 aliphatic heterocycles. The van der Waals surface area contributed by atoms with Gasteiger partial charge in [0.2, 0.25) is 5.91 Å². The van der Waals surface area contributed by atoms with E-state index in [4.69, 9.17) is 9.47 Å². The topological polar surface area (TPSA) is 93.2 Å². The Labute approximate surface area is 172 Å². The molecule has 162 valence electrons. The Morgan fingerprint density at radius 2 is 1.66 bits per heavy atom. The average molecular weight is 427 g/mol. The first-order chi connectivity index (χ1) is 13.8. The second-order valence-electron chi connectivity index (χ2n) is 7.04. The summed E-state index contributed by atoms with van der Waals surface area (Å²) < 4.78 is 34.7. The van der Waals surface area contributed by atoms with Crippen LogP contribution in [0.1, 0.15) is 36.5 Å². The van der Waals surface area contributed by atoms with Crippen LogP contribution in [-0.2, 0) is 14.6 Å². The van der Waals surface area contributed by atoms with E-state index in [9.17, 15) is 18.0 Å². The molecule has 0 saturated carbocycles. The highest BCUT2D eigenvalue weighted by Crippen LogP contribution is 2.26. The van der Waals surface area contributed by atoms with Gasteiger partial charge in [-0.25, -0.2) is 8.42 Å². The molecule has 1 saturated heterocycles. The van der Waals surface area contributed by atoms with Gasteiger partial charge >= 0.3 is 0 Å². The van der Waals surface area contributed by atoms with Gasteiger partial charge in [0.15, 0.2) is 9.84 Å². The predicted octanol–water partition coefficient (Wildman–Crippen LogP) is 1.59. The summed E-state index contributed by atoms with van der Waals surface area (Å²) in [5.74, 6) is 0.0126. The number of carbonyl (C=O) groups excluding carboxylic acids is 2. The van der Waals surface area contributed by atoms with Gasteiger partial charge in [-0.3, -0.25) is 9.59 Å². The predicted molar refractivity (Wildman–Crippen MR) is 110 cm³/mol. The fourth-order valence-corrected chi connectivity index (χ4v) is 4.58. The smallest absolute Gasteiger partial charge is 0.257 e. The Hall–Kier alpha value is -2.29. The van der Waals surface area contributed by atoms with E-state index >= 15 is 0 Å². The molecule has 2 amide bonds. The maximum atomic E-state index is 12.8. The number of nitrogens with zero attached hydrogens (tertiary/aromatic N) is 2. The molecule has 0 unspecified atom stereocenters. The molecule has 2 rings (SSSR count). The minimum absolute atomic E-state index is 0.0439. The molecule has 1 heterocycles. The van der Waals surface area contributed by atoms with E-state index < -0.39 is 21.5 Å². The summed E-state index contributed by atoms with van der Waals surface area (Å²) in [7, 11) is -0.364. The lowest BCUT2D eigenvalue weighted by Gasteiger charge is -2.35. The van der Waals surface area contributed by atoms with Crippen molar-refractivity contribution < 1.29 is 27.5 Å². The van der Waals surface area contributed by atoms with Crippen molar-refractivity contribution in [2.45, 2.75) is 26.2 Å². The fraction of sp³-hybridized carbons (Fsp3) is 0.600. The van der Waals surface area contributed by atoms with Gasteiger partial charge < -0.3 is 19.3 Å². The summed E-state index contributed by atoms with van der Waals surface area (Å²) in [6.45, 7) is 3.31. The lowest BCUT2D eigenvalue weighted by Crippen LogP contribution is -2.51. The van der Waals surface area contributed by atoms with Gasteiger partial charge in [-0.05, 0) is 18.6 Å². The number of unbranched alkanes of at least 4 members (excludes halogenated alkanes) is 2. The van der Waals surface area contributed by atoms with Gasteiger partial charge in [-0.1, -0.05) is 19.8 Å². The van der Waals surface area contributed by atoms with E-state index in [1.165, 1.54) is 19.1 Å². The number of piperazine rings is 1. The van der Waals surface area contributed by atoms with Crippen LogP contribution in [-0.4, -0.2) is 81.9 Å². The highest BCUT2D eigenvalue weighted by Gasteiger charge is 2.28. The summed E-state index contributed by atoms with van der Waals surface area (Å²) in [4.78, 5) is 28.4. The Balaban J connectivity index is 1.93. The zero-order valence-corrected chi connectivity index (χ0v) is 18.2. The van der Waals surface area contributed by atoms with Crippen LogP contribution in [0.15, 0.2) is 18.2 Å². The molecule has 0 N–H and O–H groups in total. The summed E-state index contributed by atoms with van der Waals surface area (Å²) >= 11 is 0. The van der Waals surface area contributed by atoms with E-state index in [0.717, 1.165) is 12.8 Å². The molecule has 1 aromatic rings. The van der Waals surface area contributed by atoms with Gasteiger partial charge in [-0.15, -0.1) is 0 Å². The molecule has 0 radical (unpaired) electrons. The van der Waals surface area contributed by atoms with Crippen LogP contribution >= 0.6 is 0 Å². The van der Waals surface area contributed by atoms with E-state index in [2.05, 4.69) is 0 Å². The first-order valence-electron chi connectivity index (χ1n) is 9.80. The number of ether oxygens (including phenoxy) is 2. The van der Waals surface area contributed by atoms with Crippen molar-refractivity contribution in [3.8, 4) is 11.5 Å². The van der Waals surface area contributed by atoms with E-state index in [1.807, 2.05) is 6.92 Å². The van der Waals surface area contributed by atoms with E-state index in [-0.39, 0.29) is 11.7 Å². The molecule has 0 aromatic heterocycles. The molecule has 1 aromatic carbocycles. The van der Waals surface area contributed by atoms with Gasteiger partial charge in [0.25, 0.3) is 5.91 Å². The Bertz CT molecular complexity index is 816. The molecule has 0 atom stereocenters. The van der Waals surface area contributed by atoms with Gasteiger partial charge in [0.1, 0.15) is 17.3 Å². The zero-order chi connectivity index (χ0) is 21.4. The minimum Gasteiger partial charge on any atom is -0.497 e. The van der Waals surface area contributed by atoms with Crippen LogP contribution in [0.4, 0.5) is 0 Å². The first-order valence-corrected chi connectivity index (χ1v) is 11.6. The number of sulfone groups is 1. The molecule has 0 spiro atoms. The van der Waals surface area contributed by atoms with Crippen LogP contribution < -0.4 is 9.47 Å². The van der Waals surface area contributed by atoms with Crippen LogP contribution in [0.5, 0.6) is 11.5 Å². The minimum atomic E-state index is -3.39. The van der Waals surface area contributed by atoms with Crippen LogP contribution in [0.3, 0.4) is 0 Å².